The number of esters is 2. The maximum atomic E-state index is 12.6. The van der Waals surface area contributed by atoms with E-state index < -0.39 is 23.8 Å². The molecule has 1 N–H and O–H groups in total. The molecule has 0 aliphatic heterocycles. The molecule has 0 saturated carbocycles. The van der Waals surface area contributed by atoms with Gasteiger partial charge in [-0.25, -0.2) is 14.6 Å². The fourth-order valence-electron chi connectivity index (χ4n) is 2.42. The Labute approximate surface area is 159 Å². The van der Waals surface area contributed by atoms with E-state index in [1.54, 1.807) is 13.8 Å². The predicted octanol–water partition coefficient (Wildman–Crippen LogP) is 3.55. The number of nitrogens with zero attached hydrogens (tertiary/aromatic N) is 1. The number of pyridine rings is 1. The van der Waals surface area contributed by atoms with Crippen molar-refractivity contribution in [2.24, 2.45) is 0 Å². The van der Waals surface area contributed by atoms with E-state index in [4.69, 9.17) is 32.7 Å². The molecule has 0 aliphatic carbocycles. The second-order valence-corrected chi connectivity index (χ2v) is 6.29. The third-order valence-electron chi connectivity index (χ3n) is 3.76. The number of carbonyl (C=O) groups is 3. The van der Waals surface area contributed by atoms with E-state index >= 15 is 0 Å². The van der Waals surface area contributed by atoms with Crippen LogP contribution in [-0.4, -0.2) is 40.9 Å². The Morgan fingerprint density at radius 1 is 1.19 bits per heavy atom. The van der Waals surface area contributed by atoms with Crippen molar-refractivity contribution < 1.29 is 23.9 Å². The largest absolute Gasteiger partial charge is 0.465 e. The van der Waals surface area contributed by atoms with Gasteiger partial charge in [-0.1, -0.05) is 23.2 Å². The summed E-state index contributed by atoms with van der Waals surface area (Å²) in [6.07, 6.45) is 0.104. The van der Waals surface area contributed by atoms with Crippen LogP contribution in [0, 0.1) is 13.8 Å². The zero-order valence-electron chi connectivity index (χ0n) is 14.5. The van der Waals surface area contributed by atoms with E-state index in [9.17, 15) is 14.4 Å². The number of aromatic nitrogens is 2. The van der Waals surface area contributed by atoms with Gasteiger partial charge in [0, 0.05) is 11.9 Å². The number of hydrogen-bond acceptors (Lipinski definition) is 6. The third-order valence-corrected chi connectivity index (χ3v) is 4.44. The molecule has 0 radical (unpaired) electrons. The maximum absolute atomic E-state index is 12.6. The molecule has 2 aromatic heterocycles. The molecule has 0 saturated heterocycles. The molecular weight excluding hydrogens is 383 g/mol. The SMILES string of the molecule is COC(=O)c1c(C)[nH]c(C(=O)[C@H](C)OC(=O)c2cnc(Cl)c(Cl)c2)c1C. The molecule has 0 aromatic carbocycles. The summed E-state index contributed by atoms with van der Waals surface area (Å²) in [7, 11) is 1.26. The minimum absolute atomic E-state index is 0.0557. The molecule has 1 atom stereocenters. The quantitative estimate of drug-likeness (QED) is 0.469. The van der Waals surface area contributed by atoms with Crippen molar-refractivity contribution in [1.82, 2.24) is 9.97 Å². The lowest BCUT2D eigenvalue weighted by atomic mass is 10.1. The van der Waals surface area contributed by atoms with Crippen molar-refractivity contribution in [3.63, 3.8) is 0 Å². The lowest BCUT2D eigenvalue weighted by Gasteiger charge is -2.12. The molecular formula is C17H16Cl2N2O5. The van der Waals surface area contributed by atoms with Gasteiger partial charge in [-0.3, -0.25) is 4.79 Å². The van der Waals surface area contributed by atoms with Gasteiger partial charge in [0.2, 0.25) is 5.78 Å². The van der Waals surface area contributed by atoms with Gasteiger partial charge in [-0.2, -0.15) is 0 Å². The van der Waals surface area contributed by atoms with E-state index in [1.165, 1.54) is 26.3 Å². The van der Waals surface area contributed by atoms with Crippen LogP contribution in [0.3, 0.4) is 0 Å². The highest BCUT2D eigenvalue weighted by molar-refractivity contribution is 6.41. The standard InChI is InChI=1S/C17H16Cl2N2O5/c1-7-12(17(24)25-4)8(2)21-13(7)14(22)9(3)26-16(23)10-5-11(18)15(19)20-6-10/h5-6,9,21H,1-4H3/t9-/m0/s1. The van der Waals surface area contributed by atoms with E-state index in [0.29, 0.717) is 11.3 Å². The number of hydrogen-bond donors (Lipinski definition) is 1. The summed E-state index contributed by atoms with van der Waals surface area (Å²) in [5.41, 5.74) is 1.44. The van der Waals surface area contributed by atoms with Crippen LogP contribution in [-0.2, 0) is 9.47 Å². The first-order valence-electron chi connectivity index (χ1n) is 7.51. The van der Waals surface area contributed by atoms with Crippen LogP contribution >= 0.6 is 23.2 Å². The highest BCUT2D eigenvalue weighted by atomic mass is 35.5. The minimum atomic E-state index is -1.10. The molecule has 0 fully saturated rings. The number of halogens is 2. The van der Waals surface area contributed by atoms with E-state index in [1.807, 2.05) is 0 Å². The molecule has 0 bridgehead atoms. The molecule has 2 rings (SSSR count). The zero-order valence-corrected chi connectivity index (χ0v) is 16.0. The topological polar surface area (TPSA) is 98.4 Å². The molecule has 0 amide bonds. The molecule has 0 aliphatic rings. The Morgan fingerprint density at radius 3 is 2.42 bits per heavy atom. The summed E-state index contributed by atoms with van der Waals surface area (Å²) in [6, 6.07) is 1.30. The smallest absolute Gasteiger partial charge is 0.340 e. The normalized spacial score (nSPS) is 11.8. The Hall–Kier alpha value is -2.38. The molecule has 2 aromatic rings. The van der Waals surface area contributed by atoms with Crippen LogP contribution in [0.15, 0.2) is 12.3 Å². The Kier molecular flexibility index (Phi) is 6.05. The Morgan fingerprint density at radius 2 is 1.85 bits per heavy atom. The van der Waals surface area contributed by atoms with E-state index in [0.717, 1.165) is 0 Å². The molecule has 2 heterocycles. The maximum Gasteiger partial charge on any atom is 0.340 e. The summed E-state index contributed by atoms with van der Waals surface area (Å²) < 4.78 is 9.88. The predicted molar refractivity (Wildman–Crippen MR) is 95.1 cm³/mol. The Balaban J connectivity index is 2.21. The van der Waals surface area contributed by atoms with Gasteiger partial charge in [0.25, 0.3) is 0 Å². The van der Waals surface area contributed by atoms with Crippen LogP contribution in [0.2, 0.25) is 10.2 Å². The van der Waals surface area contributed by atoms with Crippen molar-refractivity contribution in [2.45, 2.75) is 26.9 Å². The van der Waals surface area contributed by atoms with Gasteiger partial charge in [0.05, 0.1) is 29.0 Å². The van der Waals surface area contributed by atoms with Crippen molar-refractivity contribution >= 4 is 40.9 Å². The monoisotopic (exact) mass is 398 g/mol. The fourth-order valence-corrected chi connectivity index (χ4v) is 2.69. The number of ketones is 1. The minimum Gasteiger partial charge on any atom is -0.465 e. The molecule has 7 nitrogen and oxygen atoms in total. The molecule has 26 heavy (non-hydrogen) atoms. The van der Waals surface area contributed by atoms with Crippen LogP contribution in [0.4, 0.5) is 0 Å². The lowest BCUT2D eigenvalue weighted by molar-refractivity contribution is 0.0316. The number of methoxy groups -OCH3 is 1. The molecule has 0 spiro atoms. The van der Waals surface area contributed by atoms with Crippen molar-refractivity contribution in [1.29, 1.82) is 0 Å². The van der Waals surface area contributed by atoms with Crippen LogP contribution in [0.1, 0.15) is 49.4 Å². The molecule has 0 unspecified atom stereocenters. The number of ether oxygens (including phenoxy) is 2. The summed E-state index contributed by atoms with van der Waals surface area (Å²) in [6.45, 7) is 4.69. The number of aryl methyl sites for hydroxylation is 1. The van der Waals surface area contributed by atoms with Gasteiger partial charge < -0.3 is 14.5 Å². The Bertz CT molecular complexity index is 892. The average molecular weight is 399 g/mol. The molecule has 9 heteroatoms. The van der Waals surface area contributed by atoms with Crippen LogP contribution < -0.4 is 0 Å². The second kappa shape index (κ2) is 7.88. The number of Topliss-reactive ketones (excluding diaryl/α,β-unsaturated/α-hetero) is 1. The summed E-state index contributed by atoms with van der Waals surface area (Å²) in [4.78, 5) is 43.2. The summed E-state index contributed by atoms with van der Waals surface area (Å²) in [5, 5.41) is 0.152. The second-order valence-electron chi connectivity index (χ2n) is 5.52. The third kappa shape index (κ3) is 3.89. The lowest BCUT2D eigenvalue weighted by Crippen LogP contribution is -2.25. The van der Waals surface area contributed by atoms with Gasteiger partial charge in [-0.15, -0.1) is 0 Å². The number of rotatable bonds is 5. The van der Waals surface area contributed by atoms with Crippen molar-refractivity contribution in [2.75, 3.05) is 7.11 Å². The van der Waals surface area contributed by atoms with E-state index in [2.05, 4.69) is 9.97 Å². The first-order chi connectivity index (χ1) is 12.2. The van der Waals surface area contributed by atoms with Crippen LogP contribution in [0.5, 0.6) is 0 Å². The highest BCUT2D eigenvalue weighted by Gasteiger charge is 2.27. The highest BCUT2D eigenvalue weighted by Crippen LogP contribution is 2.22. The zero-order chi connectivity index (χ0) is 19.6. The number of carbonyl (C=O) groups excluding carboxylic acids is 3. The number of nitrogens with one attached hydrogen (secondary N) is 1. The van der Waals surface area contributed by atoms with Gasteiger partial charge in [-0.05, 0) is 32.4 Å². The number of aromatic amines is 1. The first-order valence-corrected chi connectivity index (χ1v) is 8.26. The van der Waals surface area contributed by atoms with Crippen LogP contribution in [0.25, 0.3) is 0 Å². The van der Waals surface area contributed by atoms with Gasteiger partial charge in [0.1, 0.15) is 5.15 Å². The number of H-pyrrole nitrogens is 1. The van der Waals surface area contributed by atoms with E-state index in [-0.39, 0.29) is 27.0 Å². The molecule has 138 valence electrons. The first kappa shape index (κ1) is 19.9. The summed E-state index contributed by atoms with van der Waals surface area (Å²) >= 11 is 11.5. The fraction of sp³-hybridized carbons (Fsp3) is 0.294. The van der Waals surface area contributed by atoms with Gasteiger partial charge in [0.15, 0.2) is 6.10 Å². The van der Waals surface area contributed by atoms with Gasteiger partial charge >= 0.3 is 11.9 Å². The average Bonchev–Trinajstić information content (AvgIpc) is 2.90. The van der Waals surface area contributed by atoms with Crippen molar-refractivity contribution in [3.05, 3.63) is 50.5 Å². The van der Waals surface area contributed by atoms with Crippen molar-refractivity contribution in [3.8, 4) is 0 Å². The summed E-state index contributed by atoms with van der Waals surface area (Å²) in [5.74, 6) is -1.81.